The standard InChI is InChI=1S/C17H8ClF3N2O3/c18-7-1-3-12-10(5-7)15(24)14(22-12)13-9-6-8(26-17(19,20)21)2-4-11(9)23-16(13)25/h1-6,23,25H. The van der Waals surface area contributed by atoms with Crippen molar-refractivity contribution in [2.75, 3.05) is 0 Å². The molecule has 2 heterocycles. The number of carbonyl (C=O) groups excluding carboxylic acids is 1. The molecular weight excluding hydrogens is 373 g/mol. The number of benzene rings is 2. The van der Waals surface area contributed by atoms with Crippen LogP contribution in [0.2, 0.25) is 5.02 Å². The van der Waals surface area contributed by atoms with E-state index in [9.17, 15) is 23.1 Å². The average Bonchev–Trinajstić information content (AvgIpc) is 3.02. The number of H-pyrrole nitrogens is 1. The summed E-state index contributed by atoms with van der Waals surface area (Å²) in [5.41, 5.74) is 0.867. The molecule has 26 heavy (non-hydrogen) atoms. The van der Waals surface area contributed by atoms with Crippen molar-refractivity contribution < 1.29 is 27.8 Å². The van der Waals surface area contributed by atoms with Crippen LogP contribution in [0, 0.1) is 0 Å². The summed E-state index contributed by atoms with van der Waals surface area (Å²) in [7, 11) is 0. The van der Waals surface area contributed by atoms with Gasteiger partial charge in [-0.05, 0) is 36.4 Å². The van der Waals surface area contributed by atoms with E-state index in [2.05, 4.69) is 14.7 Å². The van der Waals surface area contributed by atoms with Crippen molar-refractivity contribution in [1.82, 2.24) is 4.98 Å². The van der Waals surface area contributed by atoms with Crippen molar-refractivity contribution in [3.8, 4) is 11.6 Å². The van der Waals surface area contributed by atoms with Gasteiger partial charge < -0.3 is 14.8 Å². The predicted octanol–water partition coefficient (Wildman–Crippen LogP) is 4.74. The molecule has 9 heteroatoms. The van der Waals surface area contributed by atoms with Gasteiger partial charge in [0.05, 0.1) is 16.8 Å². The number of nitrogens with zero attached hydrogens (tertiary/aromatic N) is 1. The number of aliphatic imine (C=N–C) groups is 1. The first-order valence-electron chi connectivity index (χ1n) is 7.27. The smallest absolute Gasteiger partial charge is 0.494 e. The highest BCUT2D eigenvalue weighted by atomic mass is 35.5. The minimum atomic E-state index is -4.86. The number of alkyl halides is 3. The number of fused-ring (bicyclic) bond motifs is 2. The second-order valence-electron chi connectivity index (χ2n) is 5.55. The Kier molecular flexibility index (Phi) is 3.48. The molecule has 0 amide bonds. The van der Waals surface area contributed by atoms with Crippen LogP contribution in [-0.2, 0) is 0 Å². The molecule has 2 aromatic carbocycles. The van der Waals surface area contributed by atoms with Gasteiger partial charge in [0.25, 0.3) is 0 Å². The van der Waals surface area contributed by atoms with E-state index in [1.54, 1.807) is 12.1 Å². The van der Waals surface area contributed by atoms with Crippen LogP contribution < -0.4 is 4.74 Å². The lowest BCUT2D eigenvalue weighted by Gasteiger charge is -2.08. The van der Waals surface area contributed by atoms with E-state index in [1.807, 2.05) is 0 Å². The van der Waals surface area contributed by atoms with Crippen molar-refractivity contribution in [2.24, 2.45) is 4.99 Å². The maximum Gasteiger partial charge on any atom is 0.573 e. The van der Waals surface area contributed by atoms with E-state index in [0.717, 1.165) is 12.1 Å². The Hall–Kier alpha value is -3.00. The van der Waals surface area contributed by atoms with Crippen molar-refractivity contribution in [1.29, 1.82) is 0 Å². The molecule has 4 rings (SSSR count). The van der Waals surface area contributed by atoms with E-state index in [4.69, 9.17) is 11.6 Å². The van der Waals surface area contributed by atoms with Gasteiger partial charge in [0, 0.05) is 15.9 Å². The summed E-state index contributed by atoms with van der Waals surface area (Å²) < 4.78 is 41.3. The molecule has 3 aromatic rings. The summed E-state index contributed by atoms with van der Waals surface area (Å²) >= 11 is 5.89. The van der Waals surface area contributed by atoms with E-state index >= 15 is 0 Å². The van der Waals surface area contributed by atoms with Crippen LogP contribution in [-0.4, -0.2) is 27.9 Å². The van der Waals surface area contributed by atoms with Gasteiger partial charge in [0.15, 0.2) is 5.88 Å². The topological polar surface area (TPSA) is 74.7 Å². The first-order valence-corrected chi connectivity index (χ1v) is 7.64. The molecule has 5 nitrogen and oxygen atoms in total. The summed E-state index contributed by atoms with van der Waals surface area (Å²) in [4.78, 5) is 19.4. The molecule has 0 aliphatic carbocycles. The molecule has 132 valence electrons. The molecule has 0 bridgehead atoms. The van der Waals surface area contributed by atoms with E-state index < -0.39 is 17.9 Å². The number of nitrogens with one attached hydrogen (secondary N) is 1. The first-order chi connectivity index (χ1) is 12.2. The van der Waals surface area contributed by atoms with Gasteiger partial charge >= 0.3 is 6.36 Å². The summed E-state index contributed by atoms with van der Waals surface area (Å²) in [5, 5.41) is 10.7. The van der Waals surface area contributed by atoms with Gasteiger partial charge in [-0.2, -0.15) is 0 Å². The Morgan fingerprint density at radius 3 is 2.65 bits per heavy atom. The van der Waals surface area contributed by atoms with Crippen LogP contribution in [0.15, 0.2) is 41.4 Å². The maximum atomic E-state index is 12.6. The quantitative estimate of drug-likeness (QED) is 0.674. The number of aromatic amines is 1. The van der Waals surface area contributed by atoms with Crippen molar-refractivity contribution in [3.63, 3.8) is 0 Å². The number of carbonyl (C=O) groups is 1. The zero-order valence-electron chi connectivity index (χ0n) is 12.7. The molecule has 0 spiro atoms. The van der Waals surface area contributed by atoms with E-state index in [0.29, 0.717) is 16.2 Å². The Morgan fingerprint density at radius 2 is 1.92 bits per heavy atom. The fourth-order valence-corrected chi connectivity index (χ4v) is 3.02. The van der Waals surface area contributed by atoms with Crippen LogP contribution in [0.25, 0.3) is 10.9 Å². The zero-order valence-corrected chi connectivity index (χ0v) is 13.4. The fraction of sp³-hybridized carbons (Fsp3) is 0.0588. The van der Waals surface area contributed by atoms with Gasteiger partial charge in [0.2, 0.25) is 5.78 Å². The van der Waals surface area contributed by atoms with Crippen LogP contribution in [0.5, 0.6) is 11.6 Å². The van der Waals surface area contributed by atoms with Crippen LogP contribution in [0.1, 0.15) is 15.9 Å². The highest BCUT2D eigenvalue weighted by Crippen LogP contribution is 2.37. The van der Waals surface area contributed by atoms with Crippen molar-refractivity contribution in [2.45, 2.75) is 6.36 Å². The second-order valence-corrected chi connectivity index (χ2v) is 5.99. The number of hydrogen-bond donors (Lipinski definition) is 2. The molecule has 0 unspecified atom stereocenters. The molecular formula is C17H8ClF3N2O3. The molecule has 0 saturated heterocycles. The Bertz CT molecular complexity index is 1100. The highest BCUT2D eigenvalue weighted by molar-refractivity contribution is 6.57. The summed E-state index contributed by atoms with van der Waals surface area (Å²) in [6, 6.07) is 8.04. The summed E-state index contributed by atoms with van der Waals surface area (Å²) in [5.74, 6) is -1.34. The average molecular weight is 381 g/mol. The zero-order chi connectivity index (χ0) is 18.6. The molecule has 2 N–H and O–H groups in total. The molecule has 1 aromatic heterocycles. The predicted molar refractivity (Wildman–Crippen MR) is 88.6 cm³/mol. The minimum absolute atomic E-state index is 0.00458. The molecule has 1 aliphatic rings. The van der Waals surface area contributed by atoms with Gasteiger partial charge in [0.1, 0.15) is 11.5 Å². The van der Waals surface area contributed by atoms with Crippen molar-refractivity contribution >= 4 is 39.7 Å². The Labute approximate surface area is 148 Å². The number of rotatable bonds is 2. The van der Waals surface area contributed by atoms with Gasteiger partial charge in [-0.15, -0.1) is 13.2 Å². The number of hydrogen-bond acceptors (Lipinski definition) is 4. The van der Waals surface area contributed by atoms with Gasteiger partial charge in [-0.3, -0.25) is 4.79 Å². The van der Waals surface area contributed by atoms with Crippen molar-refractivity contribution in [3.05, 3.63) is 52.5 Å². The van der Waals surface area contributed by atoms with Gasteiger partial charge in [-0.25, -0.2) is 4.99 Å². The number of ketones is 1. The first kappa shape index (κ1) is 16.5. The third-order valence-corrected chi connectivity index (χ3v) is 4.11. The molecule has 0 atom stereocenters. The second kappa shape index (κ2) is 5.50. The third-order valence-electron chi connectivity index (χ3n) is 3.87. The van der Waals surface area contributed by atoms with Gasteiger partial charge in [-0.1, -0.05) is 11.6 Å². The highest BCUT2D eigenvalue weighted by Gasteiger charge is 2.33. The lowest BCUT2D eigenvalue weighted by Crippen LogP contribution is -2.17. The summed E-state index contributed by atoms with van der Waals surface area (Å²) in [6.45, 7) is 0. The van der Waals surface area contributed by atoms with E-state index in [1.165, 1.54) is 12.1 Å². The lowest BCUT2D eigenvalue weighted by molar-refractivity contribution is -0.274. The normalized spacial score (nSPS) is 13.8. The molecule has 0 fully saturated rings. The Balaban J connectivity index is 1.86. The SMILES string of the molecule is O=C1C(c2c(O)[nH]c3ccc(OC(F)(F)F)cc23)=Nc2ccc(Cl)cc21. The van der Waals surface area contributed by atoms with E-state index in [-0.39, 0.29) is 28.1 Å². The number of Topliss-reactive ketones (excluding diaryl/α,β-unsaturated/α-hetero) is 1. The number of aromatic nitrogens is 1. The third kappa shape index (κ3) is 2.68. The summed E-state index contributed by atoms with van der Waals surface area (Å²) in [6.07, 6.45) is -4.86. The number of aromatic hydroxyl groups is 1. The molecule has 0 saturated carbocycles. The Morgan fingerprint density at radius 1 is 1.15 bits per heavy atom. The monoisotopic (exact) mass is 380 g/mol. The maximum absolute atomic E-state index is 12.6. The number of ether oxygens (including phenoxy) is 1. The molecule has 0 radical (unpaired) electrons. The lowest BCUT2D eigenvalue weighted by atomic mass is 10.0. The minimum Gasteiger partial charge on any atom is -0.494 e. The van der Waals surface area contributed by atoms with Crippen LogP contribution in [0.3, 0.4) is 0 Å². The molecule has 1 aliphatic heterocycles. The van der Waals surface area contributed by atoms with Crippen LogP contribution >= 0.6 is 11.6 Å². The fourth-order valence-electron chi connectivity index (χ4n) is 2.85. The number of halogens is 4. The van der Waals surface area contributed by atoms with Crippen LogP contribution in [0.4, 0.5) is 18.9 Å². The largest absolute Gasteiger partial charge is 0.573 e.